The minimum atomic E-state index is -0.849. The van der Waals surface area contributed by atoms with Crippen LogP contribution in [0.4, 0.5) is 10.5 Å². The summed E-state index contributed by atoms with van der Waals surface area (Å²) in [6, 6.07) is 22.5. The molecule has 0 saturated carbocycles. The average molecular weight is 537 g/mol. The molecule has 3 aromatic carbocycles. The van der Waals surface area contributed by atoms with Crippen LogP contribution in [0.3, 0.4) is 0 Å². The molecule has 1 unspecified atom stereocenters. The Kier molecular flexibility index (Phi) is 8.53. The Bertz CT molecular complexity index is 1400. The number of rotatable bonds is 9. The van der Waals surface area contributed by atoms with Crippen molar-refractivity contribution in [2.45, 2.75) is 37.0 Å². The van der Waals surface area contributed by atoms with Gasteiger partial charge in [-0.15, -0.1) is 11.8 Å². The normalized spacial score (nSPS) is 11.6. The van der Waals surface area contributed by atoms with Crippen LogP contribution in [0.15, 0.2) is 82.2 Å². The van der Waals surface area contributed by atoms with Gasteiger partial charge in [0.15, 0.2) is 5.76 Å². The number of carbonyl (C=O) groups is 2. The summed E-state index contributed by atoms with van der Waals surface area (Å²) in [5, 5.41) is 16.3. The summed E-state index contributed by atoms with van der Waals surface area (Å²) in [7, 11) is 0. The number of aromatic nitrogens is 1. The molecule has 9 heteroatoms. The number of carbonyl (C=O) groups excluding carboxylic acids is 1. The number of aryl methyl sites for hydroxylation is 1. The van der Waals surface area contributed by atoms with Crippen LogP contribution in [0.5, 0.6) is 0 Å². The highest BCUT2D eigenvalue weighted by Crippen LogP contribution is 2.33. The second-order valence-electron chi connectivity index (χ2n) is 8.37. The molecule has 4 aromatic rings. The van der Waals surface area contributed by atoms with Crippen molar-refractivity contribution in [1.82, 2.24) is 5.16 Å². The smallest absolute Gasteiger partial charge is 0.412 e. The molecule has 0 aliphatic carbocycles. The van der Waals surface area contributed by atoms with Crippen LogP contribution in [-0.4, -0.2) is 22.3 Å². The molecule has 1 aromatic heterocycles. The quantitative estimate of drug-likeness (QED) is 0.213. The van der Waals surface area contributed by atoms with Gasteiger partial charge in [-0.2, -0.15) is 0 Å². The second kappa shape index (κ2) is 12.0. The highest BCUT2D eigenvalue weighted by Gasteiger charge is 2.20. The predicted molar refractivity (Wildman–Crippen MR) is 144 cm³/mol. The van der Waals surface area contributed by atoms with E-state index in [1.807, 2.05) is 66.7 Å². The summed E-state index contributed by atoms with van der Waals surface area (Å²) in [6.07, 6.45) is -1.18. The zero-order chi connectivity index (χ0) is 26.4. The number of hydrogen-bond acceptors (Lipinski definition) is 6. The maximum atomic E-state index is 12.6. The zero-order valence-corrected chi connectivity index (χ0v) is 21.8. The van der Waals surface area contributed by atoms with Gasteiger partial charge >= 0.3 is 12.1 Å². The van der Waals surface area contributed by atoms with Gasteiger partial charge in [-0.3, -0.25) is 10.1 Å². The van der Waals surface area contributed by atoms with Crippen LogP contribution < -0.4 is 5.32 Å². The SMILES string of the molecule is Cc1noc(-c2ccc(CSc3cccc(CC(=O)O)c3)cc2)c1NC(=O)OC(C)c1ccccc1Cl. The van der Waals surface area contributed by atoms with Gasteiger partial charge in [-0.1, -0.05) is 71.4 Å². The fourth-order valence-electron chi connectivity index (χ4n) is 3.71. The van der Waals surface area contributed by atoms with Gasteiger partial charge in [-0.25, -0.2) is 4.79 Å². The number of carboxylic acid groups (broad SMARTS) is 1. The Hall–Kier alpha value is -3.75. The molecular formula is C28H25ClN2O5S. The van der Waals surface area contributed by atoms with E-state index < -0.39 is 18.2 Å². The maximum absolute atomic E-state index is 12.6. The van der Waals surface area contributed by atoms with E-state index in [1.165, 1.54) is 0 Å². The number of nitrogens with zero attached hydrogens (tertiary/aromatic N) is 1. The molecule has 2 N–H and O–H groups in total. The highest BCUT2D eigenvalue weighted by atomic mass is 35.5. The van der Waals surface area contributed by atoms with Gasteiger partial charge in [0.2, 0.25) is 0 Å². The Morgan fingerprint density at radius 3 is 2.57 bits per heavy atom. The topological polar surface area (TPSA) is 102 Å². The average Bonchev–Trinajstić information content (AvgIpc) is 3.22. The number of aliphatic carboxylic acids is 1. The number of benzene rings is 3. The van der Waals surface area contributed by atoms with Crippen molar-refractivity contribution in [2.75, 3.05) is 5.32 Å². The van der Waals surface area contributed by atoms with E-state index in [4.69, 9.17) is 26.0 Å². The second-order valence-corrected chi connectivity index (χ2v) is 9.83. The van der Waals surface area contributed by atoms with Crippen LogP contribution in [0.25, 0.3) is 11.3 Å². The molecule has 4 rings (SSSR count). The van der Waals surface area contributed by atoms with E-state index in [-0.39, 0.29) is 6.42 Å². The minimum absolute atomic E-state index is 0.00250. The third-order valence-corrected chi connectivity index (χ3v) is 7.00. The molecule has 0 aliphatic rings. The fourth-order valence-corrected chi connectivity index (χ4v) is 4.94. The van der Waals surface area contributed by atoms with Gasteiger partial charge < -0.3 is 14.4 Å². The lowest BCUT2D eigenvalue weighted by molar-refractivity contribution is -0.136. The molecule has 190 valence electrons. The molecule has 0 aliphatic heterocycles. The van der Waals surface area contributed by atoms with E-state index in [9.17, 15) is 9.59 Å². The van der Waals surface area contributed by atoms with Crippen molar-refractivity contribution in [3.63, 3.8) is 0 Å². The van der Waals surface area contributed by atoms with Gasteiger partial charge in [0.25, 0.3) is 0 Å². The van der Waals surface area contributed by atoms with Crippen molar-refractivity contribution < 1.29 is 24.0 Å². The molecule has 0 radical (unpaired) electrons. The number of thioether (sulfide) groups is 1. The molecule has 0 bridgehead atoms. The van der Waals surface area contributed by atoms with Gasteiger partial charge in [-0.05, 0) is 43.2 Å². The summed E-state index contributed by atoms with van der Waals surface area (Å²) < 4.78 is 11.0. The predicted octanol–water partition coefficient (Wildman–Crippen LogP) is 7.53. The molecule has 0 saturated heterocycles. The lowest BCUT2D eigenvalue weighted by Crippen LogP contribution is -2.17. The van der Waals surface area contributed by atoms with Crippen LogP contribution in [0.1, 0.15) is 35.4 Å². The summed E-state index contributed by atoms with van der Waals surface area (Å²) in [5.41, 5.74) is 4.28. The highest BCUT2D eigenvalue weighted by molar-refractivity contribution is 7.98. The first-order valence-electron chi connectivity index (χ1n) is 11.5. The Balaban J connectivity index is 1.40. The number of nitrogens with one attached hydrogen (secondary N) is 1. The van der Waals surface area contributed by atoms with Gasteiger partial charge in [0.05, 0.1) is 6.42 Å². The first kappa shape index (κ1) is 26.3. The van der Waals surface area contributed by atoms with Crippen LogP contribution in [-0.2, 0) is 21.7 Å². The van der Waals surface area contributed by atoms with E-state index in [0.717, 1.165) is 21.6 Å². The number of ether oxygens (including phenoxy) is 1. The third-order valence-electron chi connectivity index (χ3n) is 5.59. The van der Waals surface area contributed by atoms with E-state index in [0.29, 0.717) is 33.5 Å². The number of amides is 1. The summed E-state index contributed by atoms with van der Waals surface area (Å²) >= 11 is 7.84. The molecule has 37 heavy (non-hydrogen) atoms. The number of anilines is 1. The Labute approximate surface area is 223 Å². The number of carboxylic acids is 1. The van der Waals surface area contributed by atoms with Crippen molar-refractivity contribution >= 4 is 41.1 Å². The molecule has 1 amide bonds. The Morgan fingerprint density at radius 2 is 1.84 bits per heavy atom. The first-order valence-corrected chi connectivity index (χ1v) is 12.9. The van der Waals surface area contributed by atoms with Crippen LogP contribution in [0, 0.1) is 6.92 Å². The standard InChI is InChI=1S/C28H25ClN2O5S/c1-17-26(30-28(34)35-18(2)23-8-3-4-9-24(23)29)27(36-31-17)21-12-10-19(11-13-21)16-37-22-7-5-6-20(14-22)15-25(32)33/h3-14,18H,15-16H2,1-2H3,(H,30,34)(H,32,33). The Morgan fingerprint density at radius 1 is 1.08 bits per heavy atom. The van der Waals surface area contributed by atoms with Crippen LogP contribution >= 0.6 is 23.4 Å². The largest absolute Gasteiger partial charge is 0.481 e. The first-order chi connectivity index (χ1) is 17.8. The van der Waals surface area contributed by atoms with Gasteiger partial charge in [0.1, 0.15) is 17.5 Å². The van der Waals surface area contributed by atoms with Gasteiger partial charge in [0, 0.05) is 26.8 Å². The number of halogens is 1. The maximum Gasteiger partial charge on any atom is 0.412 e. The van der Waals surface area contributed by atoms with E-state index in [2.05, 4.69) is 10.5 Å². The third kappa shape index (κ3) is 6.93. The van der Waals surface area contributed by atoms with Crippen molar-refractivity contribution in [3.05, 3.63) is 100 Å². The molecule has 7 nitrogen and oxygen atoms in total. The molecular weight excluding hydrogens is 512 g/mol. The molecule has 1 atom stereocenters. The van der Waals surface area contributed by atoms with E-state index >= 15 is 0 Å². The monoisotopic (exact) mass is 536 g/mol. The molecule has 0 fully saturated rings. The summed E-state index contributed by atoms with van der Waals surface area (Å²) in [6.45, 7) is 3.49. The summed E-state index contributed by atoms with van der Waals surface area (Å²) in [4.78, 5) is 24.6. The lowest BCUT2D eigenvalue weighted by Gasteiger charge is -2.15. The fraction of sp³-hybridized carbons (Fsp3) is 0.179. The van der Waals surface area contributed by atoms with Crippen molar-refractivity contribution in [1.29, 1.82) is 0 Å². The lowest BCUT2D eigenvalue weighted by atomic mass is 10.1. The minimum Gasteiger partial charge on any atom is -0.481 e. The molecule has 1 heterocycles. The number of hydrogen-bond donors (Lipinski definition) is 2. The van der Waals surface area contributed by atoms with Crippen molar-refractivity contribution in [3.8, 4) is 11.3 Å². The van der Waals surface area contributed by atoms with Crippen LogP contribution in [0.2, 0.25) is 5.02 Å². The zero-order valence-electron chi connectivity index (χ0n) is 20.2. The van der Waals surface area contributed by atoms with Crippen molar-refractivity contribution in [2.24, 2.45) is 0 Å². The molecule has 0 spiro atoms. The summed E-state index contributed by atoms with van der Waals surface area (Å²) in [5.74, 6) is 0.293. The van der Waals surface area contributed by atoms with E-state index in [1.54, 1.807) is 31.7 Å².